The van der Waals surface area contributed by atoms with Gasteiger partial charge in [-0.1, -0.05) is 17.7 Å². The lowest BCUT2D eigenvalue weighted by Crippen LogP contribution is -2.02. The summed E-state index contributed by atoms with van der Waals surface area (Å²) in [5.74, 6) is 0.753. The van der Waals surface area contributed by atoms with Crippen LogP contribution < -0.4 is 4.74 Å². The van der Waals surface area contributed by atoms with E-state index in [0.717, 1.165) is 22.3 Å². The first-order chi connectivity index (χ1) is 9.70. The van der Waals surface area contributed by atoms with Crippen LogP contribution in [-0.2, 0) is 6.54 Å². The van der Waals surface area contributed by atoms with Gasteiger partial charge in [-0.3, -0.25) is 4.98 Å². The van der Waals surface area contributed by atoms with Gasteiger partial charge in [0.15, 0.2) is 4.77 Å². The van der Waals surface area contributed by atoms with Gasteiger partial charge in [-0.15, -0.1) is 0 Å². The molecule has 20 heavy (non-hydrogen) atoms. The minimum Gasteiger partial charge on any atom is -0.496 e. The first-order valence-electron chi connectivity index (χ1n) is 6.04. The number of pyridine rings is 1. The highest BCUT2D eigenvalue weighted by Crippen LogP contribution is 2.28. The largest absolute Gasteiger partial charge is 0.496 e. The first-order valence-corrected chi connectivity index (χ1v) is 6.83. The highest BCUT2D eigenvalue weighted by atomic mass is 35.5. The Bertz CT molecular complexity index is 825. The molecule has 0 spiro atoms. The van der Waals surface area contributed by atoms with Gasteiger partial charge in [0.1, 0.15) is 5.75 Å². The number of imidazole rings is 1. The van der Waals surface area contributed by atoms with E-state index in [2.05, 4.69) is 9.97 Å². The molecule has 0 atom stereocenters. The summed E-state index contributed by atoms with van der Waals surface area (Å²) >= 11 is 11.6. The zero-order chi connectivity index (χ0) is 14.1. The van der Waals surface area contributed by atoms with Crippen molar-refractivity contribution < 1.29 is 4.74 Å². The Kier molecular flexibility index (Phi) is 3.46. The van der Waals surface area contributed by atoms with Crippen molar-refractivity contribution in [2.45, 2.75) is 6.54 Å². The molecule has 102 valence electrons. The van der Waals surface area contributed by atoms with Crippen LogP contribution >= 0.6 is 23.8 Å². The van der Waals surface area contributed by atoms with E-state index in [4.69, 9.17) is 28.6 Å². The van der Waals surface area contributed by atoms with Crippen LogP contribution in [0, 0.1) is 4.77 Å². The van der Waals surface area contributed by atoms with E-state index in [1.54, 1.807) is 19.5 Å². The number of H-pyrrole nitrogens is 1. The molecule has 4 nitrogen and oxygen atoms in total. The first kappa shape index (κ1) is 13.1. The number of aromatic amines is 1. The van der Waals surface area contributed by atoms with Gasteiger partial charge < -0.3 is 14.3 Å². The number of hydrogen-bond acceptors (Lipinski definition) is 3. The van der Waals surface area contributed by atoms with E-state index in [-0.39, 0.29) is 0 Å². The summed E-state index contributed by atoms with van der Waals surface area (Å²) < 4.78 is 7.99. The number of hydrogen-bond donors (Lipinski definition) is 1. The molecule has 1 N–H and O–H groups in total. The molecular weight excluding hydrogens is 294 g/mol. The zero-order valence-electron chi connectivity index (χ0n) is 10.8. The fraction of sp³-hybridized carbons (Fsp3) is 0.143. The second kappa shape index (κ2) is 5.26. The van der Waals surface area contributed by atoms with Crippen molar-refractivity contribution in [2.75, 3.05) is 7.11 Å². The summed E-state index contributed by atoms with van der Waals surface area (Å²) in [5, 5.41) is 0.662. The third kappa shape index (κ3) is 2.19. The van der Waals surface area contributed by atoms with E-state index in [9.17, 15) is 0 Å². The van der Waals surface area contributed by atoms with Crippen molar-refractivity contribution in [3.05, 3.63) is 52.0 Å². The van der Waals surface area contributed by atoms with Gasteiger partial charge in [-0.2, -0.15) is 0 Å². The molecule has 6 heteroatoms. The van der Waals surface area contributed by atoms with Crippen LogP contribution in [0.15, 0.2) is 36.7 Å². The number of benzene rings is 1. The Hall–Kier alpha value is -1.85. The molecule has 2 aromatic heterocycles. The number of nitrogens with one attached hydrogen (secondary N) is 1. The predicted molar refractivity (Wildman–Crippen MR) is 82.0 cm³/mol. The maximum atomic E-state index is 6.28. The van der Waals surface area contributed by atoms with Gasteiger partial charge >= 0.3 is 0 Å². The van der Waals surface area contributed by atoms with Gasteiger partial charge in [-0.05, 0) is 30.4 Å². The van der Waals surface area contributed by atoms with Crippen LogP contribution in [0.25, 0.3) is 11.0 Å². The summed E-state index contributed by atoms with van der Waals surface area (Å²) in [7, 11) is 1.63. The van der Waals surface area contributed by atoms with Gasteiger partial charge in [-0.25, -0.2) is 0 Å². The van der Waals surface area contributed by atoms with E-state index in [1.165, 1.54) is 0 Å². The van der Waals surface area contributed by atoms with Gasteiger partial charge in [0.05, 0.1) is 30.9 Å². The molecule has 0 unspecified atom stereocenters. The van der Waals surface area contributed by atoms with E-state index >= 15 is 0 Å². The van der Waals surface area contributed by atoms with Crippen molar-refractivity contribution in [2.24, 2.45) is 0 Å². The maximum absolute atomic E-state index is 6.28. The van der Waals surface area contributed by atoms with Crippen LogP contribution in [0.2, 0.25) is 5.02 Å². The number of methoxy groups -OCH3 is 1. The predicted octanol–water partition coefficient (Wildman–Crippen LogP) is 3.80. The maximum Gasteiger partial charge on any atom is 0.178 e. The molecule has 0 aliphatic heterocycles. The lowest BCUT2D eigenvalue weighted by molar-refractivity contribution is 0.408. The Labute approximate surface area is 126 Å². The normalized spacial score (nSPS) is 10.9. The van der Waals surface area contributed by atoms with E-state index < -0.39 is 0 Å². The Morgan fingerprint density at radius 3 is 3.05 bits per heavy atom. The molecule has 0 amide bonds. The molecule has 0 aliphatic carbocycles. The average Bonchev–Trinajstić information content (AvgIpc) is 2.77. The monoisotopic (exact) mass is 305 g/mol. The van der Waals surface area contributed by atoms with Crippen molar-refractivity contribution in [3.63, 3.8) is 0 Å². The summed E-state index contributed by atoms with van der Waals surface area (Å²) in [5.41, 5.74) is 2.81. The summed E-state index contributed by atoms with van der Waals surface area (Å²) in [6, 6.07) is 7.52. The molecule has 3 aromatic rings. The summed E-state index contributed by atoms with van der Waals surface area (Å²) in [6.07, 6.45) is 3.50. The standard InChI is InChI=1S/C14H12ClN3OS/c1-19-13-4-2-3-10(15)9(13)8-18-12-5-6-16-7-11(12)17-14(18)20/h2-7H,8H2,1H3,(H,17,20). The topological polar surface area (TPSA) is 42.8 Å². The second-order valence-corrected chi connectivity index (χ2v) is 5.12. The smallest absolute Gasteiger partial charge is 0.178 e. The number of nitrogens with zero attached hydrogens (tertiary/aromatic N) is 2. The minimum absolute atomic E-state index is 0.547. The number of halogens is 1. The third-order valence-corrected chi connectivity index (χ3v) is 3.86. The number of aromatic nitrogens is 3. The van der Waals surface area contributed by atoms with Gasteiger partial charge in [0, 0.05) is 16.8 Å². The van der Waals surface area contributed by atoms with Crippen LogP contribution in [0.4, 0.5) is 0 Å². The Morgan fingerprint density at radius 2 is 2.25 bits per heavy atom. The molecule has 3 rings (SSSR count). The number of rotatable bonds is 3. The lowest BCUT2D eigenvalue weighted by atomic mass is 10.2. The summed E-state index contributed by atoms with van der Waals surface area (Å²) in [4.78, 5) is 7.22. The van der Waals surface area contributed by atoms with E-state index in [1.807, 2.05) is 28.8 Å². The number of fused-ring (bicyclic) bond motifs is 1. The molecule has 0 radical (unpaired) electrons. The fourth-order valence-corrected chi connectivity index (χ4v) is 2.71. The average molecular weight is 306 g/mol. The summed E-state index contributed by atoms with van der Waals surface area (Å²) in [6.45, 7) is 0.547. The quantitative estimate of drug-likeness (QED) is 0.748. The van der Waals surface area contributed by atoms with Crippen molar-refractivity contribution in [3.8, 4) is 5.75 Å². The lowest BCUT2D eigenvalue weighted by Gasteiger charge is -2.11. The van der Waals surface area contributed by atoms with Gasteiger partial charge in [0.2, 0.25) is 0 Å². The minimum atomic E-state index is 0.547. The molecule has 0 aliphatic rings. The second-order valence-electron chi connectivity index (χ2n) is 4.33. The SMILES string of the molecule is COc1cccc(Cl)c1Cn1c(=S)[nH]c2cnccc21. The van der Waals surface area contributed by atoms with Gasteiger partial charge in [0.25, 0.3) is 0 Å². The Morgan fingerprint density at radius 1 is 1.40 bits per heavy atom. The fourth-order valence-electron chi connectivity index (χ4n) is 2.21. The van der Waals surface area contributed by atoms with Crippen molar-refractivity contribution >= 4 is 34.9 Å². The third-order valence-electron chi connectivity index (χ3n) is 3.19. The highest BCUT2D eigenvalue weighted by Gasteiger charge is 2.11. The molecule has 1 aromatic carbocycles. The zero-order valence-corrected chi connectivity index (χ0v) is 12.3. The van der Waals surface area contributed by atoms with E-state index in [0.29, 0.717) is 16.3 Å². The molecule has 0 bridgehead atoms. The van der Waals surface area contributed by atoms with Crippen LogP contribution in [0.5, 0.6) is 5.75 Å². The molecular formula is C14H12ClN3OS. The molecule has 2 heterocycles. The highest BCUT2D eigenvalue weighted by molar-refractivity contribution is 7.71. The van der Waals surface area contributed by atoms with Crippen LogP contribution in [0.1, 0.15) is 5.56 Å². The number of ether oxygens (including phenoxy) is 1. The Balaban J connectivity index is 2.15. The van der Waals surface area contributed by atoms with Crippen LogP contribution in [0.3, 0.4) is 0 Å². The van der Waals surface area contributed by atoms with Crippen molar-refractivity contribution in [1.82, 2.24) is 14.5 Å². The molecule has 0 saturated carbocycles. The van der Waals surface area contributed by atoms with Crippen molar-refractivity contribution in [1.29, 1.82) is 0 Å². The molecule has 0 fully saturated rings. The molecule has 0 saturated heterocycles. The van der Waals surface area contributed by atoms with Crippen LogP contribution in [-0.4, -0.2) is 21.6 Å².